The summed E-state index contributed by atoms with van der Waals surface area (Å²) in [6, 6.07) is -3.69. The van der Waals surface area contributed by atoms with Gasteiger partial charge in [-0.2, -0.15) is 0 Å². The van der Waals surface area contributed by atoms with E-state index < -0.39 is 54.9 Å². The van der Waals surface area contributed by atoms with Crippen LogP contribution in [0, 0.1) is 5.92 Å². The first kappa shape index (κ1) is 21.8. The number of nitrogens with one attached hydrogen (secondary N) is 2. The molecule has 3 atom stereocenters. The summed E-state index contributed by atoms with van der Waals surface area (Å²) >= 11 is 0. The van der Waals surface area contributed by atoms with Gasteiger partial charge in [-0.1, -0.05) is 13.8 Å². The molecule has 0 aliphatic rings. The van der Waals surface area contributed by atoms with Gasteiger partial charge in [0.25, 0.3) is 0 Å². The fourth-order valence-electron chi connectivity index (χ4n) is 1.86. The normalized spacial score (nSPS) is 14.5. The molecule has 0 fully saturated rings. The van der Waals surface area contributed by atoms with Crippen LogP contribution in [0.15, 0.2) is 0 Å². The number of carbonyl (C=O) groups is 4. The highest BCUT2D eigenvalue weighted by molar-refractivity contribution is 5.92. The first-order valence-electron chi connectivity index (χ1n) is 7.50. The van der Waals surface area contributed by atoms with Crippen LogP contribution < -0.4 is 16.4 Å². The van der Waals surface area contributed by atoms with Crippen LogP contribution in [0.3, 0.4) is 0 Å². The van der Waals surface area contributed by atoms with Gasteiger partial charge >= 0.3 is 11.9 Å². The molecule has 0 radical (unpaired) electrons. The minimum Gasteiger partial charge on any atom is -0.481 e. The lowest BCUT2D eigenvalue weighted by molar-refractivity contribution is -0.143. The number of hydrogen-bond acceptors (Lipinski definition) is 6. The maximum atomic E-state index is 12.2. The Hall–Kier alpha value is -2.20. The third-order valence-corrected chi connectivity index (χ3v) is 3.14. The van der Waals surface area contributed by atoms with Crippen molar-refractivity contribution in [3.8, 4) is 0 Å². The lowest BCUT2D eigenvalue weighted by Crippen LogP contribution is -2.55. The highest BCUT2D eigenvalue weighted by Crippen LogP contribution is 2.07. The quantitative estimate of drug-likeness (QED) is 0.255. The summed E-state index contributed by atoms with van der Waals surface area (Å²) < 4.78 is 0. The van der Waals surface area contributed by atoms with Crippen molar-refractivity contribution in [3.05, 3.63) is 0 Å². The second-order valence-corrected chi connectivity index (χ2v) is 5.81. The van der Waals surface area contributed by atoms with Crippen LogP contribution in [0.4, 0.5) is 0 Å². The van der Waals surface area contributed by atoms with Crippen molar-refractivity contribution < 1.29 is 34.5 Å². The predicted molar refractivity (Wildman–Crippen MR) is 82.9 cm³/mol. The van der Waals surface area contributed by atoms with E-state index in [0.29, 0.717) is 0 Å². The molecule has 0 rings (SSSR count). The van der Waals surface area contributed by atoms with Gasteiger partial charge in [0.1, 0.15) is 18.1 Å². The third-order valence-electron chi connectivity index (χ3n) is 3.14. The summed E-state index contributed by atoms with van der Waals surface area (Å²) in [7, 11) is 0. The van der Waals surface area contributed by atoms with Crippen LogP contribution >= 0.6 is 0 Å². The zero-order chi connectivity index (χ0) is 18.9. The van der Waals surface area contributed by atoms with Crippen molar-refractivity contribution in [1.82, 2.24) is 10.6 Å². The third kappa shape index (κ3) is 8.44. The fraction of sp³-hybridized carbons (Fsp3) is 0.714. The first-order valence-corrected chi connectivity index (χ1v) is 7.50. The molecule has 7 N–H and O–H groups in total. The number of carboxylic acid groups (broad SMARTS) is 2. The van der Waals surface area contributed by atoms with Crippen LogP contribution in [0.1, 0.15) is 33.1 Å². The van der Waals surface area contributed by atoms with Gasteiger partial charge in [-0.3, -0.25) is 14.4 Å². The van der Waals surface area contributed by atoms with E-state index in [1.165, 1.54) is 0 Å². The summed E-state index contributed by atoms with van der Waals surface area (Å²) in [4.78, 5) is 45.8. The van der Waals surface area contributed by atoms with Crippen LogP contribution in [-0.4, -0.2) is 63.8 Å². The van der Waals surface area contributed by atoms with Crippen molar-refractivity contribution in [1.29, 1.82) is 0 Å². The summed E-state index contributed by atoms with van der Waals surface area (Å²) in [5.41, 5.74) is 5.33. The molecule has 0 aromatic carbocycles. The van der Waals surface area contributed by atoms with Crippen molar-refractivity contribution in [2.45, 2.75) is 51.2 Å². The average molecular weight is 347 g/mol. The highest BCUT2D eigenvalue weighted by atomic mass is 16.4. The average Bonchev–Trinajstić information content (AvgIpc) is 2.48. The Kier molecular flexibility index (Phi) is 9.58. The molecular formula is C14H25N3O7. The van der Waals surface area contributed by atoms with Gasteiger partial charge in [0, 0.05) is 6.42 Å². The van der Waals surface area contributed by atoms with Gasteiger partial charge in [-0.05, 0) is 18.8 Å². The molecule has 0 saturated carbocycles. The van der Waals surface area contributed by atoms with Gasteiger partial charge in [-0.25, -0.2) is 4.79 Å². The summed E-state index contributed by atoms with van der Waals surface area (Å²) in [6.45, 7) is 2.92. The summed E-state index contributed by atoms with van der Waals surface area (Å²) in [6.07, 6.45) is -0.468. The molecule has 10 heteroatoms. The van der Waals surface area contributed by atoms with Gasteiger partial charge in [-0.15, -0.1) is 0 Å². The molecule has 0 saturated heterocycles. The zero-order valence-corrected chi connectivity index (χ0v) is 13.7. The molecule has 0 aromatic rings. The summed E-state index contributed by atoms with van der Waals surface area (Å²) in [5, 5.41) is 31.2. The Morgan fingerprint density at radius 3 is 1.96 bits per heavy atom. The number of nitrogens with two attached hydrogens (primary N) is 1. The number of rotatable bonds is 11. The van der Waals surface area contributed by atoms with Crippen molar-refractivity contribution in [2.24, 2.45) is 11.7 Å². The lowest BCUT2D eigenvalue weighted by atomic mass is 10.0. The zero-order valence-electron chi connectivity index (χ0n) is 13.7. The molecule has 0 unspecified atom stereocenters. The maximum absolute atomic E-state index is 12.2. The first-order chi connectivity index (χ1) is 11.1. The van der Waals surface area contributed by atoms with E-state index in [1.807, 2.05) is 0 Å². The van der Waals surface area contributed by atoms with Gasteiger partial charge in [0.2, 0.25) is 11.8 Å². The van der Waals surface area contributed by atoms with Crippen LogP contribution in [0.25, 0.3) is 0 Å². The molecule has 0 bridgehead atoms. The fourth-order valence-corrected chi connectivity index (χ4v) is 1.86. The van der Waals surface area contributed by atoms with E-state index in [1.54, 1.807) is 13.8 Å². The molecule has 10 nitrogen and oxygen atoms in total. The number of amides is 2. The van der Waals surface area contributed by atoms with Crippen LogP contribution in [0.2, 0.25) is 0 Å². The van der Waals surface area contributed by atoms with Crippen LogP contribution in [0.5, 0.6) is 0 Å². The standard InChI is InChI=1S/C14H25N3O7/c1-7(2)5-10(14(23)24)17-13(22)9(3-4-11(19)20)16-12(21)8(15)6-18/h7-10,18H,3-6,15H2,1-2H3,(H,16,21)(H,17,22)(H,19,20)(H,23,24)/t8-,9-,10-/m0/s1. The van der Waals surface area contributed by atoms with E-state index in [-0.39, 0.29) is 18.8 Å². The van der Waals surface area contributed by atoms with E-state index in [2.05, 4.69) is 10.6 Å². The smallest absolute Gasteiger partial charge is 0.326 e. The number of aliphatic hydroxyl groups is 1. The van der Waals surface area contributed by atoms with E-state index in [9.17, 15) is 19.2 Å². The molecule has 138 valence electrons. The monoisotopic (exact) mass is 347 g/mol. The van der Waals surface area contributed by atoms with Gasteiger partial charge < -0.3 is 31.7 Å². The van der Waals surface area contributed by atoms with Crippen molar-refractivity contribution >= 4 is 23.8 Å². The largest absolute Gasteiger partial charge is 0.481 e. The second kappa shape index (κ2) is 10.6. The molecule has 0 aromatic heterocycles. The van der Waals surface area contributed by atoms with Crippen LogP contribution in [-0.2, 0) is 19.2 Å². The van der Waals surface area contributed by atoms with Crippen molar-refractivity contribution in [3.63, 3.8) is 0 Å². The molecule has 24 heavy (non-hydrogen) atoms. The van der Waals surface area contributed by atoms with Crippen molar-refractivity contribution in [2.75, 3.05) is 6.61 Å². The second-order valence-electron chi connectivity index (χ2n) is 5.81. The SMILES string of the molecule is CC(C)C[C@H](NC(=O)[C@H](CCC(=O)O)NC(=O)[C@@H](N)CO)C(=O)O. The van der Waals surface area contributed by atoms with E-state index >= 15 is 0 Å². The van der Waals surface area contributed by atoms with Gasteiger partial charge in [0.05, 0.1) is 6.61 Å². The number of aliphatic carboxylic acids is 2. The highest BCUT2D eigenvalue weighted by Gasteiger charge is 2.28. The number of aliphatic hydroxyl groups excluding tert-OH is 1. The van der Waals surface area contributed by atoms with E-state index in [0.717, 1.165) is 0 Å². The molecule has 2 amide bonds. The maximum Gasteiger partial charge on any atom is 0.326 e. The van der Waals surface area contributed by atoms with Gasteiger partial charge in [0.15, 0.2) is 0 Å². The predicted octanol–water partition coefficient (Wildman–Crippen LogP) is -1.73. The Bertz CT molecular complexity index is 467. The Balaban J connectivity index is 5.02. The number of hydrogen-bond donors (Lipinski definition) is 6. The number of carbonyl (C=O) groups excluding carboxylic acids is 2. The molecular weight excluding hydrogens is 322 g/mol. The molecule has 0 heterocycles. The van der Waals surface area contributed by atoms with E-state index in [4.69, 9.17) is 21.1 Å². The Morgan fingerprint density at radius 2 is 1.54 bits per heavy atom. The summed E-state index contributed by atoms with van der Waals surface area (Å²) in [5.74, 6) is -4.05. The number of carboxylic acids is 2. The topological polar surface area (TPSA) is 179 Å². The molecule has 0 aliphatic heterocycles. The minimum absolute atomic E-state index is 0.00118. The Morgan fingerprint density at radius 1 is 1.00 bits per heavy atom. The lowest BCUT2D eigenvalue weighted by Gasteiger charge is -2.23. The Labute approximate surface area is 139 Å². The molecule has 0 spiro atoms. The molecule has 0 aliphatic carbocycles. The minimum atomic E-state index is -1.27.